The van der Waals surface area contributed by atoms with Crippen LogP contribution in [0.5, 0.6) is 0 Å². The topological polar surface area (TPSA) is 59.0 Å². The van der Waals surface area contributed by atoms with Gasteiger partial charge in [0.15, 0.2) is 0 Å². The van der Waals surface area contributed by atoms with E-state index in [1.54, 1.807) is 6.07 Å². The summed E-state index contributed by atoms with van der Waals surface area (Å²) in [4.78, 5) is 16.2. The Balaban J connectivity index is 1.83. The number of imidazole rings is 1. The highest BCUT2D eigenvalue weighted by molar-refractivity contribution is 6.35. The van der Waals surface area contributed by atoms with Crippen LogP contribution in [0.25, 0.3) is 11.0 Å². The molecule has 1 aromatic heterocycles. The molecule has 1 aliphatic rings. The van der Waals surface area contributed by atoms with Crippen LogP contribution in [0.15, 0.2) is 30.3 Å². The van der Waals surface area contributed by atoms with Crippen LogP contribution in [0.2, 0.25) is 10.0 Å². The van der Waals surface area contributed by atoms with Gasteiger partial charge in [-0.3, -0.25) is 9.36 Å². The van der Waals surface area contributed by atoms with Gasteiger partial charge in [-0.1, -0.05) is 49.2 Å². The number of hydrogen-bond acceptors (Lipinski definition) is 3. The van der Waals surface area contributed by atoms with E-state index >= 15 is 0 Å². The SMILES string of the molecule is CCC(CC)c1ccc(Cl)c2c1nc1n2C(c2ccc(NC(C)=O)cc2Cl)CN1. The second-order valence-electron chi connectivity index (χ2n) is 7.47. The van der Waals surface area contributed by atoms with Crippen LogP contribution in [-0.2, 0) is 4.79 Å². The number of amides is 1. The van der Waals surface area contributed by atoms with Crippen molar-refractivity contribution < 1.29 is 4.79 Å². The maximum atomic E-state index is 11.3. The normalized spacial score (nSPS) is 15.6. The average Bonchev–Trinajstić information content (AvgIpc) is 3.24. The summed E-state index contributed by atoms with van der Waals surface area (Å²) in [6.07, 6.45) is 2.12. The largest absolute Gasteiger partial charge is 0.353 e. The Morgan fingerprint density at radius 1 is 1.24 bits per heavy atom. The summed E-state index contributed by atoms with van der Waals surface area (Å²) in [6.45, 7) is 6.57. The standard InChI is InChI=1S/C22H24Cl2N4O/c1-4-13(5-2)15-8-9-17(23)21-20(15)27-22-25-11-19(28(21)22)16-7-6-14(10-18(16)24)26-12(3)29/h6-10,13,19H,4-5,11H2,1-3H3,(H,25,27)(H,26,29). The first-order valence-corrected chi connectivity index (χ1v) is 10.7. The zero-order valence-corrected chi connectivity index (χ0v) is 18.2. The fourth-order valence-corrected chi connectivity index (χ4v) is 4.83. The number of nitrogens with zero attached hydrogens (tertiary/aromatic N) is 2. The van der Waals surface area contributed by atoms with Gasteiger partial charge in [-0.05, 0) is 48.1 Å². The number of rotatable bonds is 5. The van der Waals surface area contributed by atoms with Crippen molar-refractivity contribution in [1.82, 2.24) is 9.55 Å². The van der Waals surface area contributed by atoms with Crippen molar-refractivity contribution in [1.29, 1.82) is 0 Å². The van der Waals surface area contributed by atoms with Gasteiger partial charge in [0.25, 0.3) is 0 Å². The first-order valence-electron chi connectivity index (χ1n) is 9.95. The predicted octanol–water partition coefficient (Wildman–Crippen LogP) is 6.22. The van der Waals surface area contributed by atoms with Gasteiger partial charge in [0, 0.05) is 24.2 Å². The molecule has 1 amide bonds. The highest BCUT2D eigenvalue weighted by Crippen LogP contribution is 2.42. The quantitative estimate of drug-likeness (QED) is 0.504. The van der Waals surface area contributed by atoms with E-state index in [1.165, 1.54) is 12.5 Å². The minimum absolute atomic E-state index is 0.0247. The summed E-state index contributed by atoms with van der Waals surface area (Å²) in [6, 6.07) is 9.67. The second-order valence-corrected chi connectivity index (χ2v) is 8.28. The summed E-state index contributed by atoms with van der Waals surface area (Å²) in [5.74, 6) is 1.14. The Morgan fingerprint density at radius 3 is 2.66 bits per heavy atom. The number of hydrogen-bond donors (Lipinski definition) is 2. The van der Waals surface area contributed by atoms with Crippen molar-refractivity contribution in [3.8, 4) is 0 Å². The molecule has 0 bridgehead atoms. The van der Waals surface area contributed by atoms with Crippen LogP contribution >= 0.6 is 23.2 Å². The lowest BCUT2D eigenvalue weighted by Gasteiger charge is -2.18. The molecule has 7 heteroatoms. The third kappa shape index (κ3) is 3.47. The van der Waals surface area contributed by atoms with E-state index in [4.69, 9.17) is 28.2 Å². The smallest absolute Gasteiger partial charge is 0.221 e. The summed E-state index contributed by atoms with van der Waals surface area (Å²) in [7, 11) is 0. The maximum absolute atomic E-state index is 11.3. The monoisotopic (exact) mass is 430 g/mol. The molecule has 1 aliphatic heterocycles. The third-order valence-electron chi connectivity index (χ3n) is 5.69. The maximum Gasteiger partial charge on any atom is 0.221 e. The Morgan fingerprint density at radius 2 is 2.00 bits per heavy atom. The Labute approximate surface area is 180 Å². The van der Waals surface area contributed by atoms with Crippen LogP contribution in [-0.4, -0.2) is 22.0 Å². The second kappa shape index (κ2) is 7.88. The number of carbonyl (C=O) groups excluding carboxylic acids is 1. The molecule has 1 unspecified atom stereocenters. The van der Waals surface area contributed by atoms with Crippen LogP contribution in [0.1, 0.15) is 56.7 Å². The molecule has 1 atom stereocenters. The van der Waals surface area contributed by atoms with Gasteiger partial charge in [-0.2, -0.15) is 0 Å². The van der Waals surface area contributed by atoms with Crippen molar-refractivity contribution in [3.63, 3.8) is 0 Å². The number of carbonyl (C=O) groups is 1. The van der Waals surface area contributed by atoms with Crippen molar-refractivity contribution in [2.24, 2.45) is 0 Å². The van der Waals surface area contributed by atoms with Gasteiger partial charge < -0.3 is 10.6 Å². The van der Waals surface area contributed by atoms with Gasteiger partial charge in [-0.25, -0.2) is 4.98 Å². The number of anilines is 2. The molecule has 0 radical (unpaired) electrons. The number of fused-ring (bicyclic) bond motifs is 3. The summed E-state index contributed by atoms with van der Waals surface area (Å²) in [5, 5.41) is 7.47. The van der Waals surface area contributed by atoms with Crippen molar-refractivity contribution in [2.75, 3.05) is 17.2 Å². The number of aromatic nitrogens is 2. The molecule has 3 aromatic rings. The fourth-order valence-electron chi connectivity index (χ4n) is 4.28. The molecule has 0 spiro atoms. The lowest BCUT2D eigenvalue weighted by atomic mass is 9.93. The highest BCUT2D eigenvalue weighted by atomic mass is 35.5. The first-order chi connectivity index (χ1) is 13.9. The van der Waals surface area contributed by atoms with Gasteiger partial charge in [0.1, 0.15) is 0 Å². The number of benzene rings is 2. The molecule has 152 valence electrons. The zero-order chi connectivity index (χ0) is 20.7. The van der Waals surface area contributed by atoms with E-state index in [0.717, 1.165) is 35.4 Å². The van der Waals surface area contributed by atoms with Crippen LogP contribution in [0, 0.1) is 0 Å². The third-order valence-corrected chi connectivity index (χ3v) is 6.32. The van der Waals surface area contributed by atoms with Crippen molar-refractivity contribution in [3.05, 3.63) is 51.5 Å². The van der Waals surface area contributed by atoms with E-state index in [2.05, 4.69) is 35.1 Å². The molecule has 0 aliphatic carbocycles. The Bertz CT molecular complexity index is 1090. The van der Waals surface area contributed by atoms with Gasteiger partial charge in [-0.15, -0.1) is 0 Å². The Hall–Kier alpha value is -2.24. The average molecular weight is 431 g/mol. The lowest BCUT2D eigenvalue weighted by molar-refractivity contribution is -0.114. The predicted molar refractivity (Wildman–Crippen MR) is 120 cm³/mol. The lowest BCUT2D eigenvalue weighted by Crippen LogP contribution is -2.12. The van der Waals surface area contributed by atoms with Gasteiger partial charge in [0.05, 0.1) is 22.1 Å². The fraction of sp³-hybridized carbons (Fsp3) is 0.364. The molecule has 0 saturated heterocycles. The molecule has 5 nitrogen and oxygen atoms in total. The molecule has 2 heterocycles. The van der Waals surface area contributed by atoms with E-state index in [0.29, 0.717) is 28.2 Å². The van der Waals surface area contributed by atoms with Gasteiger partial charge in [0.2, 0.25) is 11.9 Å². The molecule has 0 fully saturated rings. The van der Waals surface area contributed by atoms with E-state index in [9.17, 15) is 4.79 Å². The molecule has 29 heavy (non-hydrogen) atoms. The highest BCUT2D eigenvalue weighted by Gasteiger charge is 2.31. The molecule has 2 N–H and O–H groups in total. The first kappa shape index (κ1) is 20.0. The number of nitrogens with one attached hydrogen (secondary N) is 2. The number of halogens is 2. The molecule has 2 aromatic carbocycles. The summed E-state index contributed by atoms with van der Waals surface area (Å²) < 4.78 is 2.16. The van der Waals surface area contributed by atoms with Crippen LogP contribution in [0.3, 0.4) is 0 Å². The van der Waals surface area contributed by atoms with Crippen LogP contribution < -0.4 is 10.6 Å². The van der Waals surface area contributed by atoms with Crippen molar-refractivity contribution >= 4 is 51.8 Å². The molecule has 0 saturated carbocycles. The van der Waals surface area contributed by atoms with Crippen LogP contribution in [0.4, 0.5) is 11.6 Å². The summed E-state index contributed by atoms with van der Waals surface area (Å²) in [5.41, 5.74) is 4.80. The minimum Gasteiger partial charge on any atom is -0.353 e. The zero-order valence-electron chi connectivity index (χ0n) is 16.7. The molecular weight excluding hydrogens is 407 g/mol. The van der Waals surface area contributed by atoms with Crippen molar-refractivity contribution in [2.45, 2.75) is 45.6 Å². The Kier molecular flexibility index (Phi) is 5.45. The van der Waals surface area contributed by atoms with E-state index < -0.39 is 0 Å². The minimum atomic E-state index is -0.125. The molecular formula is C22H24Cl2N4O. The van der Waals surface area contributed by atoms with E-state index in [1.807, 2.05) is 18.2 Å². The van der Waals surface area contributed by atoms with E-state index in [-0.39, 0.29) is 11.9 Å². The molecule has 4 rings (SSSR count). The summed E-state index contributed by atoms with van der Waals surface area (Å²) >= 11 is 13.2. The van der Waals surface area contributed by atoms with Gasteiger partial charge >= 0.3 is 0 Å².